The first kappa shape index (κ1) is 25.4. The third-order valence-corrected chi connectivity index (χ3v) is 5.38. The second kappa shape index (κ2) is 12.2. The van der Waals surface area contributed by atoms with Gasteiger partial charge in [-0.15, -0.1) is 0 Å². The van der Waals surface area contributed by atoms with Gasteiger partial charge < -0.3 is 15.7 Å². The maximum atomic E-state index is 13.0. The van der Waals surface area contributed by atoms with Crippen molar-refractivity contribution in [2.75, 3.05) is 12.8 Å². The van der Waals surface area contributed by atoms with Crippen molar-refractivity contribution in [3.8, 4) is 16.5 Å². The van der Waals surface area contributed by atoms with Crippen molar-refractivity contribution in [3.63, 3.8) is 0 Å². The molecule has 0 saturated heterocycles. The van der Waals surface area contributed by atoms with Crippen LogP contribution in [0.4, 0.5) is 0 Å². The summed E-state index contributed by atoms with van der Waals surface area (Å²) in [4.78, 5) is 28.2. The Morgan fingerprint density at radius 1 is 0.969 bits per heavy atom. The van der Waals surface area contributed by atoms with E-state index in [1.54, 1.807) is 36.4 Å². The van der Waals surface area contributed by atoms with E-state index in [0.717, 1.165) is 11.8 Å². The Balaban J connectivity index is 2.22. The van der Waals surface area contributed by atoms with Crippen LogP contribution < -0.4 is 15.4 Å². The zero-order chi connectivity index (χ0) is 23.6. The van der Waals surface area contributed by atoms with Gasteiger partial charge in [-0.2, -0.15) is 0 Å². The lowest BCUT2D eigenvalue weighted by Crippen LogP contribution is -2.55. The van der Waals surface area contributed by atoms with Crippen molar-refractivity contribution >= 4 is 37.8 Å². The first-order valence-electron chi connectivity index (χ1n) is 9.63. The van der Waals surface area contributed by atoms with E-state index in [1.165, 1.54) is 12.1 Å². The van der Waals surface area contributed by atoms with Crippen molar-refractivity contribution in [2.24, 2.45) is 0 Å². The minimum Gasteiger partial charge on any atom is -0.508 e. The Labute approximate surface area is 196 Å². The average molecular weight is 522 g/mol. The smallest absolute Gasteiger partial charge is 0.243 e. The van der Waals surface area contributed by atoms with E-state index in [1.807, 2.05) is 6.07 Å². The molecule has 0 bridgehead atoms. The summed E-state index contributed by atoms with van der Waals surface area (Å²) in [5.74, 6) is 1.61. The summed E-state index contributed by atoms with van der Waals surface area (Å²) < 4.78 is 26.0. The maximum absolute atomic E-state index is 13.0. The fraction of sp³-hybridized carbons (Fsp3) is 0.273. The van der Waals surface area contributed by atoms with E-state index in [-0.39, 0.29) is 25.1 Å². The molecule has 170 valence electrons. The van der Waals surface area contributed by atoms with E-state index in [2.05, 4.69) is 42.0 Å². The third kappa shape index (κ3) is 9.09. The molecule has 2 rings (SSSR count). The van der Waals surface area contributed by atoms with Crippen molar-refractivity contribution in [2.45, 2.75) is 24.9 Å². The molecule has 0 fully saturated rings. The van der Waals surface area contributed by atoms with Gasteiger partial charge in [0.05, 0.1) is 12.8 Å². The molecule has 10 heteroatoms. The number of benzene rings is 2. The van der Waals surface area contributed by atoms with Crippen LogP contribution in [0.3, 0.4) is 0 Å². The molecule has 2 aromatic carbocycles. The standard InChI is InChI=1S/C22H24BrN3O5S/c1-32(30,31)26-20(15-16-6-3-2-4-7-16)22(29)25-19(21(28)24-13-5-12-23)14-17-8-10-18(27)11-9-17/h2-4,6-11,19-20,26-27H,13-15H2,1H3,(H,24,28)(H,25,29). The van der Waals surface area contributed by atoms with Crippen LogP contribution in [0.1, 0.15) is 11.1 Å². The fourth-order valence-corrected chi connectivity index (χ4v) is 3.78. The molecule has 0 aromatic heterocycles. The summed E-state index contributed by atoms with van der Waals surface area (Å²) in [5, 5.41) is 14.7. The molecule has 2 unspecified atom stereocenters. The van der Waals surface area contributed by atoms with Crippen LogP contribution in [0.5, 0.6) is 5.75 Å². The first-order valence-corrected chi connectivity index (χ1v) is 12.3. The van der Waals surface area contributed by atoms with E-state index in [9.17, 15) is 23.1 Å². The van der Waals surface area contributed by atoms with Crippen LogP contribution in [-0.4, -0.2) is 50.2 Å². The molecule has 8 nitrogen and oxygen atoms in total. The highest BCUT2D eigenvalue weighted by Crippen LogP contribution is 2.12. The van der Waals surface area contributed by atoms with Crippen LogP contribution in [0.25, 0.3) is 0 Å². The molecule has 32 heavy (non-hydrogen) atoms. The molecule has 0 aliphatic heterocycles. The van der Waals surface area contributed by atoms with E-state index in [4.69, 9.17) is 0 Å². The largest absolute Gasteiger partial charge is 0.508 e. The topological polar surface area (TPSA) is 125 Å². The van der Waals surface area contributed by atoms with Gasteiger partial charge in [0.15, 0.2) is 0 Å². The van der Waals surface area contributed by atoms with Gasteiger partial charge in [-0.3, -0.25) is 9.59 Å². The quantitative estimate of drug-likeness (QED) is 0.348. The molecule has 0 aliphatic rings. The molecule has 2 atom stereocenters. The number of phenols is 1. The minimum absolute atomic E-state index is 0.0705. The predicted octanol–water partition coefficient (Wildman–Crippen LogP) is 1.05. The van der Waals surface area contributed by atoms with Crippen molar-refractivity contribution in [3.05, 3.63) is 65.7 Å². The summed E-state index contributed by atoms with van der Waals surface area (Å²) >= 11 is 2.94. The molecular formula is C22H24BrN3O5S. The number of carbonyl (C=O) groups excluding carboxylic acids is 2. The Bertz CT molecular complexity index is 1080. The lowest BCUT2D eigenvalue weighted by atomic mass is 10.0. The van der Waals surface area contributed by atoms with Crippen LogP contribution in [0, 0.1) is 10.8 Å². The Hall–Kier alpha value is -2.87. The van der Waals surface area contributed by atoms with Crippen LogP contribution >= 0.6 is 15.9 Å². The van der Waals surface area contributed by atoms with Crippen molar-refractivity contribution < 1.29 is 23.1 Å². The highest BCUT2D eigenvalue weighted by molar-refractivity contribution is 9.12. The lowest BCUT2D eigenvalue weighted by Gasteiger charge is -2.23. The summed E-state index contributed by atoms with van der Waals surface area (Å²) in [6.45, 7) is 0.0705. The molecule has 2 amide bonds. The van der Waals surface area contributed by atoms with Gasteiger partial charge in [-0.1, -0.05) is 48.4 Å². The summed E-state index contributed by atoms with van der Waals surface area (Å²) in [6.07, 6.45) is 1.22. The molecule has 0 aliphatic carbocycles. The molecule has 0 radical (unpaired) electrons. The fourth-order valence-electron chi connectivity index (χ4n) is 2.93. The van der Waals surface area contributed by atoms with Crippen molar-refractivity contribution in [1.29, 1.82) is 0 Å². The molecule has 0 spiro atoms. The number of hydrogen-bond acceptors (Lipinski definition) is 5. The number of sulfonamides is 1. The highest BCUT2D eigenvalue weighted by atomic mass is 79.9. The van der Waals surface area contributed by atoms with E-state index in [0.29, 0.717) is 5.56 Å². The van der Waals surface area contributed by atoms with Gasteiger partial charge in [0, 0.05) is 22.4 Å². The van der Waals surface area contributed by atoms with Gasteiger partial charge in [0.25, 0.3) is 0 Å². The molecule has 0 saturated carbocycles. The molecule has 0 heterocycles. The summed E-state index contributed by atoms with van der Waals surface area (Å²) in [5.41, 5.74) is 1.46. The second-order valence-corrected chi connectivity index (χ2v) is 9.23. The van der Waals surface area contributed by atoms with E-state index >= 15 is 0 Å². The minimum atomic E-state index is -3.69. The summed E-state index contributed by atoms with van der Waals surface area (Å²) in [7, 11) is -3.69. The number of amides is 2. The molecule has 4 N–H and O–H groups in total. The first-order chi connectivity index (χ1) is 15.2. The monoisotopic (exact) mass is 521 g/mol. The number of carbonyl (C=O) groups is 2. The number of halogens is 1. The third-order valence-electron chi connectivity index (χ3n) is 4.38. The Morgan fingerprint density at radius 3 is 2.16 bits per heavy atom. The normalized spacial score (nSPS) is 12.7. The Kier molecular flexibility index (Phi) is 9.71. The maximum Gasteiger partial charge on any atom is 0.243 e. The van der Waals surface area contributed by atoms with Crippen LogP contribution in [-0.2, 0) is 32.5 Å². The number of nitrogens with one attached hydrogen (secondary N) is 3. The molecular weight excluding hydrogens is 498 g/mol. The SMILES string of the molecule is CS(=O)(=O)NC(Cc1ccccc1)C(=O)NC(Cc1ccc(O)cc1)C(=O)NCC#CBr. The zero-order valence-electron chi connectivity index (χ0n) is 17.3. The predicted molar refractivity (Wildman–Crippen MR) is 125 cm³/mol. The highest BCUT2D eigenvalue weighted by Gasteiger charge is 2.28. The second-order valence-electron chi connectivity index (χ2n) is 7.05. The van der Waals surface area contributed by atoms with Crippen LogP contribution in [0.2, 0.25) is 0 Å². The van der Waals surface area contributed by atoms with Gasteiger partial charge in [-0.25, -0.2) is 13.1 Å². The zero-order valence-corrected chi connectivity index (χ0v) is 19.7. The lowest BCUT2D eigenvalue weighted by molar-refractivity contribution is -0.129. The summed E-state index contributed by atoms with van der Waals surface area (Å²) in [6, 6.07) is 13.1. The average Bonchev–Trinajstić information content (AvgIpc) is 2.74. The van der Waals surface area contributed by atoms with Gasteiger partial charge in [0.2, 0.25) is 21.8 Å². The van der Waals surface area contributed by atoms with Gasteiger partial charge in [-0.05, 0) is 34.5 Å². The van der Waals surface area contributed by atoms with Crippen LogP contribution in [0.15, 0.2) is 54.6 Å². The number of hydrogen-bond donors (Lipinski definition) is 4. The number of aromatic hydroxyl groups is 1. The van der Waals surface area contributed by atoms with Gasteiger partial charge in [0.1, 0.15) is 17.8 Å². The number of phenolic OH excluding ortho intramolecular Hbond substituents is 1. The van der Waals surface area contributed by atoms with E-state index < -0.39 is 33.9 Å². The molecule has 2 aromatic rings. The Morgan fingerprint density at radius 2 is 1.56 bits per heavy atom. The number of rotatable bonds is 10. The van der Waals surface area contributed by atoms with Gasteiger partial charge >= 0.3 is 0 Å². The van der Waals surface area contributed by atoms with Crippen molar-refractivity contribution in [1.82, 2.24) is 15.4 Å².